The van der Waals surface area contributed by atoms with Gasteiger partial charge in [0.25, 0.3) is 0 Å². The molecule has 0 radical (unpaired) electrons. The van der Waals surface area contributed by atoms with Gasteiger partial charge in [-0.1, -0.05) is 17.7 Å². The van der Waals surface area contributed by atoms with Crippen LogP contribution in [0, 0.1) is 6.92 Å². The van der Waals surface area contributed by atoms with Gasteiger partial charge >= 0.3 is 8.25 Å². The maximum atomic E-state index is 10.1. The highest BCUT2D eigenvalue weighted by Crippen LogP contribution is 2.19. The van der Waals surface area contributed by atoms with E-state index >= 15 is 0 Å². The fraction of sp³-hybridized carbons (Fsp3) is 0.143. The molecule has 1 atom stereocenters. The van der Waals surface area contributed by atoms with E-state index in [0.717, 1.165) is 5.56 Å². The second kappa shape index (κ2) is 4.83. The zero-order valence-corrected chi connectivity index (χ0v) is 7.88. The molecule has 0 aliphatic rings. The zero-order chi connectivity index (χ0) is 8.27. The molecule has 1 aromatic carbocycles. The van der Waals surface area contributed by atoms with Gasteiger partial charge in [0.1, 0.15) is 0 Å². The quantitative estimate of drug-likeness (QED) is 0.717. The Morgan fingerprint density at radius 3 is 2.25 bits per heavy atom. The van der Waals surface area contributed by atoms with Gasteiger partial charge in [-0.2, -0.15) is 0 Å². The number of rotatable bonds is 2. The van der Waals surface area contributed by atoms with Crippen molar-refractivity contribution < 1.29 is 14.0 Å². The van der Waals surface area contributed by atoms with E-state index in [0.29, 0.717) is 5.75 Å². The molecular weight excluding hydrogens is 177 g/mol. The topological polar surface area (TPSA) is 85.9 Å². The number of hydrogen-bond donors (Lipinski definition) is 1. The Labute approximate surface area is 71.7 Å². The van der Waals surface area contributed by atoms with Crippen molar-refractivity contribution in [3.05, 3.63) is 29.8 Å². The number of quaternary nitrogens is 1. The molecule has 0 amide bonds. The third-order valence-corrected chi connectivity index (χ3v) is 1.56. The Hall–Kier alpha value is -0.960. The van der Waals surface area contributed by atoms with E-state index in [9.17, 15) is 9.46 Å². The van der Waals surface area contributed by atoms with Gasteiger partial charge < -0.3 is 11.0 Å². The van der Waals surface area contributed by atoms with Gasteiger partial charge in [0.15, 0.2) is 5.75 Å². The zero-order valence-electron chi connectivity index (χ0n) is 6.98. The normalized spacial score (nSPS) is 10.0. The molecule has 0 spiro atoms. The summed E-state index contributed by atoms with van der Waals surface area (Å²) in [5, 5.41) is 0. The first-order valence-corrected chi connectivity index (χ1v) is 4.17. The third kappa shape index (κ3) is 3.44. The van der Waals surface area contributed by atoms with Crippen LogP contribution in [0.25, 0.3) is 0 Å². The minimum atomic E-state index is -2.79. The lowest BCUT2D eigenvalue weighted by atomic mass is 10.2. The molecule has 5 heteroatoms. The summed E-state index contributed by atoms with van der Waals surface area (Å²) in [6.45, 7) is 1.92. The van der Waals surface area contributed by atoms with Crippen LogP contribution in [0.4, 0.5) is 0 Å². The Balaban J connectivity index is 0.00000121. The van der Waals surface area contributed by atoms with E-state index in [4.69, 9.17) is 0 Å². The van der Waals surface area contributed by atoms with Crippen molar-refractivity contribution in [3.8, 4) is 5.75 Å². The first-order valence-electron chi connectivity index (χ1n) is 3.07. The molecule has 0 heterocycles. The Bertz CT molecular complexity index is 260. The molecule has 4 N–H and O–H groups in total. The van der Waals surface area contributed by atoms with Crippen molar-refractivity contribution >= 4 is 8.25 Å². The molecule has 1 rings (SSSR count). The predicted octanol–water partition coefficient (Wildman–Crippen LogP) is 1.77. The average molecular weight is 188 g/mol. The lowest BCUT2D eigenvalue weighted by molar-refractivity contribution is -0.178. The molecule has 12 heavy (non-hydrogen) atoms. The molecule has 0 aliphatic heterocycles. The van der Waals surface area contributed by atoms with Gasteiger partial charge in [0, 0.05) is 0 Å². The van der Waals surface area contributed by atoms with Crippen molar-refractivity contribution in [2.45, 2.75) is 6.92 Å². The molecule has 0 bridgehead atoms. The summed E-state index contributed by atoms with van der Waals surface area (Å²) in [7, 11) is -2.79. The van der Waals surface area contributed by atoms with Crippen LogP contribution in [0.5, 0.6) is 5.75 Å². The summed E-state index contributed by atoms with van der Waals surface area (Å²) in [6.07, 6.45) is 0. The van der Waals surface area contributed by atoms with Crippen molar-refractivity contribution in [3.63, 3.8) is 0 Å². The van der Waals surface area contributed by atoms with Crippen LogP contribution in [0.3, 0.4) is 0 Å². The average Bonchev–Trinajstić information content (AvgIpc) is 1.93. The molecule has 1 aromatic rings. The monoisotopic (exact) mass is 188 g/mol. The van der Waals surface area contributed by atoms with Crippen molar-refractivity contribution in [1.29, 1.82) is 0 Å². The van der Waals surface area contributed by atoms with Gasteiger partial charge in [0.05, 0.1) is 0 Å². The molecule has 0 fully saturated rings. The van der Waals surface area contributed by atoms with Crippen LogP contribution >= 0.6 is 8.25 Å². The van der Waals surface area contributed by atoms with Gasteiger partial charge in [-0.15, -0.1) is 0 Å². The number of aryl methyl sites for hydroxylation is 1. The predicted molar refractivity (Wildman–Crippen MR) is 45.4 cm³/mol. The number of benzene rings is 1. The van der Waals surface area contributed by atoms with Gasteiger partial charge in [0.2, 0.25) is 0 Å². The smallest absolute Gasteiger partial charge is 0.539 e. The van der Waals surface area contributed by atoms with E-state index in [1.807, 2.05) is 6.92 Å². The van der Waals surface area contributed by atoms with Gasteiger partial charge in [-0.25, -0.2) is 0 Å². The lowest BCUT2D eigenvalue weighted by Gasteiger charge is -1.93. The van der Waals surface area contributed by atoms with Gasteiger partial charge in [-0.3, -0.25) is 4.52 Å². The van der Waals surface area contributed by atoms with Crippen LogP contribution < -0.4 is 15.6 Å². The number of hydrogen-bond acceptors (Lipinski definition) is 3. The van der Waals surface area contributed by atoms with Gasteiger partial charge in [-0.05, 0) is 23.6 Å². The van der Waals surface area contributed by atoms with E-state index in [1.54, 1.807) is 24.3 Å². The fourth-order valence-electron chi connectivity index (χ4n) is 0.685. The minimum Gasteiger partial charge on any atom is -0.558 e. The van der Waals surface area contributed by atoms with Crippen molar-refractivity contribution in [1.82, 2.24) is 6.15 Å². The molecule has 66 valence electrons. The van der Waals surface area contributed by atoms with Crippen molar-refractivity contribution in [2.75, 3.05) is 0 Å². The lowest BCUT2D eigenvalue weighted by Crippen LogP contribution is -1.92. The highest BCUT2D eigenvalue weighted by atomic mass is 31.1. The first kappa shape index (κ1) is 11.0. The molecule has 1 unspecified atom stereocenters. The Morgan fingerprint density at radius 1 is 1.33 bits per heavy atom. The summed E-state index contributed by atoms with van der Waals surface area (Å²) in [6, 6.07) is 6.79. The van der Waals surface area contributed by atoms with Crippen LogP contribution in [0.1, 0.15) is 5.56 Å². The first-order chi connectivity index (χ1) is 5.18. The van der Waals surface area contributed by atoms with Crippen LogP contribution in [-0.2, 0) is 4.57 Å². The van der Waals surface area contributed by atoms with Crippen molar-refractivity contribution in [2.24, 2.45) is 0 Å². The minimum absolute atomic E-state index is 0. The SMILES string of the molecule is Cc1ccc(O[P+](=O)[O-])cc1.[NH4+]. The second-order valence-electron chi connectivity index (χ2n) is 2.13. The second-order valence-corrected chi connectivity index (χ2v) is 2.76. The molecule has 0 saturated heterocycles. The maximum Gasteiger partial charge on any atom is 0.539 e. The maximum absolute atomic E-state index is 10.1. The molecule has 0 saturated carbocycles. The summed E-state index contributed by atoms with van der Waals surface area (Å²) in [5.41, 5.74) is 1.07. The summed E-state index contributed by atoms with van der Waals surface area (Å²) < 4.78 is 14.5. The van der Waals surface area contributed by atoms with Crippen LogP contribution in [0.15, 0.2) is 24.3 Å². The van der Waals surface area contributed by atoms with E-state index < -0.39 is 8.25 Å². The van der Waals surface area contributed by atoms with E-state index in [-0.39, 0.29) is 6.15 Å². The largest absolute Gasteiger partial charge is 0.558 e. The fourth-order valence-corrected chi connectivity index (χ4v) is 0.979. The summed E-state index contributed by atoms with van der Waals surface area (Å²) in [5.74, 6) is 0.353. The highest BCUT2D eigenvalue weighted by molar-refractivity contribution is 7.31. The molecule has 0 aliphatic carbocycles. The highest BCUT2D eigenvalue weighted by Gasteiger charge is 2.02. The Kier molecular flexibility index (Phi) is 4.44. The third-order valence-electron chi connectivity index (χ3n) is 1.20. The van der Waals surface area contributed by atoms with E-state index in [1.165, 1.54) is 0 Å². The summed E-state index contributed by atoms with van der Waals surface area (Å²) in [4.78, 5) is 10.1. The summed E-state index contributed by atoms with van der Waals surface area (Å²) >= 11 is 0. The Morgan fingerprint density at radius 2 is 1.83 bits per heavy atom. The molecule has 0 aromatic heterocycles. The van der Waals surface area contributed by atoms with Crippen LogP contribution in [-0.4, -0.2) is 0 Å². The van der Waals surface area contributed by atoms with E-state index in [2.05, 4.69) is 4.52 Å². The molecular formula is C7H11NO3P+. The molecule has 4 nitrogen and oxygen atoms in total. The standard InChI is InChI=1S/C7H7O3P.H3N/c1-6-2-4-7(5-3-6)10-11(8)9;/h2-5H,1H3;1H3/p+1. The van der Waals surface area contributed by atoms with Crippen LogP contribution in [0.2, 0.25) is 0 Å².